The molecule has 3 rings (SSSR count). The first-order valence-corrected chi connectivity index (χ1v) is 6.59. The number of rotatable bonds is 2. The van der Waals surface area contributed by atoms with Gasteiger partial charge in [0.1, 0.15) is 5.69 Å². The van der Waals surface area contributed by atoms with Crippen molar-refractivity contribution in [3.63, 3.8) is 0 Å². The number of hydrogen-bond acceptors (Lipinski definition) is 4. The standard InChI is InChI=1S/C15H16N4O/c16-15(18-20)13-8-7-12(10-17-13)19-9-3-5-11-4-1-2-6-14(11)19/h1-2,4,6-8,10,20H,3,5,9H2,(H2,16,18). The number of benzene rings is 1. The molecule has 20 heavy (non-hydrogen) atoms. The van der Waals surface area contributed by atoms with Gasteiger partial charge in [0.05, 0.1) is 11.9 Å². The molecule has 102 valence electrons. The third-order valence-electron chi connectivity index (χ3n) is 3.54. The minimum Gasteiger partial charge on any atom is -0.409 e. The quantitative estimate of drug-likeness (QED) is 0.379. The zero-order valence-electron chi connectivity index (χ0n) is 11.0. The monoisotopic (exact) mass is 268 g/mol. The van der Waals surface area contributed by atoms with Crippen molar-refractivity contribution in [2.24, 2.45) is 10.9 Å². The molecule has 0 unspecified atom stereocenters. The van der Waals surface area contributed by atoms with Crippen LogP contribution in [0.15, 0.2) is 47.8 Å². The molecule has 5 nitrogen and oxygen atoms in total. The van der Waals surface area contributed by atoms with Gasteiger partial charge in [0.25, 0.3) is 0 Å². The van der Waals surface area contributed by atoms with Crippen LogP contribution in [0.3, 0.4) is 0 Å². The molecule has 0 radical (unpaired) electrons. The number of para-hydroxylation sites is 1. The van der Waals surface area contributed by atoms with Gasteiger partial charge in [-0.1, -0.05) is 23.4 Å². The number of amidine groups is 1. The van der Waals surface area contributed by atoms with E-state index < -0.39 is 0 Å². The summed E-state index contributed by atoms with van der Waals surface area (Å²) in [6.45, 7) is 0.974. The van der Waals surface area contributed by atoms with Gasteiger partial charge in [0.15, 0.2) is 5.84 Å². The van der Waals surface area contributed by atoms with Crippen molar-refractivity contribution < 1.29 is 5.21 Å². The summed E-state index contributed by atoms with van der Waals surface area (Å²) in [5.41, 5.74) is 9.61. The highest BCUT2D eigenvalue weighted by molar-refractivity contribution is 5.95. The van der Waals surface area contributed by atoms with Crippen molar-refractivity contribution in [3.8, 4) is 0 Å². The van der Waals surface area contributed by atoms with Crippen molar-refractivity contribution in [2.75, 3.05) is 11.4 Å². The molecule has 3 N–H and O–H groups in total. The Morgan fingerprint density at radius 1 is 1.25 bits per heavy atom. The highest BCUT2D eigenvalue weighted by Crippen LogP contribution is 2.32. The van der Waals surface area contributed by atoms with Crippen LogP contribution in [0, 0.1) is 0 Å². The van der Waals surface area contributed by atoms with E-state index in [4.69, 9.17) is 10.9 Å². The van der Waals surface area contributed by atoms with E-state index in [2.05, 4.69) is 39.3 Å². The first-order chi connectivity index (χ1) is 9.79. The molecule has 0 bridgehead atoms. The summed E-state index contributed by atoms with van der Waals surface area (Å²) >= 11 is 0. The van der Waals surface area contributed by atoms with Crippen LogP contribution in [0.25, 0.3) is 0 Å². The van der Waals surface area contributed by atoms with E-state index >= 15 is 0 Å². The molecule has 0 atom stereocenters. The van der Waals surface area contributed by atoms with Crippen molar-refractivity contribution in [2.45, 2.75) is 12.8 Å². The predicted octanol–water partition coefficient (Wildman–Crippen LogP) is 2.26. The highest BCUT2D eigenvalue weighted by Gasteiger charge is 2.17. The second kappa shape index (κ2) is 5.21. The fraction of sp³-hybridized carbons (Fsp3) is 0.200. The lowest BCUT2D eigenvalue weighted by Gasteiger charge is -2.31. The third-order valence-corrected chi connectivity index (χ3v) is 3.54. The topological polar surface area (TPSA) is 74.7 Å². The van der Waals surface area contributed by atoms with Crippen molar-refractivity contribution >= 4 is 17.2 Å². The van der Waals surface area contributed by atoms with Gasteiger partial charge in [-0.15, -0.1) is 0 Å². The Bertz CT molecular complexity index is 637. The van der Waals surface area contributed by atoms with E-state index in [1.165, 1.54) is 11.3 Å². The summed E-state index contributed by atoms with van der Waals surface area (Å²) < 4.78 is 0. The van der Waals surface area contributed by atoms with Gasteiger partial charge < -0.3 is 15.8 Å². The fourth-order valence-corrected chi connectivity index (χ4v) is 2.55. The summed E-state index contributed by atoms with van der Waals surface area (Å²) in [5, 5.41) is 11.6. The van der Waals surface area contributed by atoms with Gasteiger partial charge in [0.2, 0.25) is 0 Å². The molecule has 1 aliphatic rings. The fourth-order valence-electron chi connectivity index (χ4n) is 2.55. The van der Waals surface area contributed by atoms with Crippen molar-refractivity contribution in [1.29, 1.82) is 0 Å². The molecular weight excluding hydrogens is 252 g/mol. The lowest BCUT2D eigenvalue weighted by atomic mass is 10.0. The zero-order valence-corrected chi connectivity index (χ0v) is 11.0. The average molecular weight is 268 g/mol. The molecule has 0 saturated heterocycles. The minimum absolute atomic E-state index is 0.0237. The van der Waals surface area contributed by atoms with E-state index in [0.717, 1.165) is 25.1 Å². The molecule has 2 aromatic rings. The maximum absolute atomic E-state index is 8.65. The largest absolute Gasteiger partial charge is 0.409 e. The normalized spacial score (nSPS) is 15.0. The first kappa shape index (κ1) is 12.5. The maximum Gasteiger partial charge on any atom is 0.188 e. The number of anilines is 2. The Morgan fingerprint density at radius 2 is 2.10 bits per heavy atom. The number of pyridine rings is 1. The van der Waals surface area contributed by atoms with E-state index in [0.29, 0.717) is 5.69 Å². The molecule has 0 saturated carbocycles. The van der Waals surface area contributed by atoms with Crippen molar-refractivity contribution in [1.82, 2.24) is 4.98 Å². The number of hydrogen-bond donors (Lipinski definition) is 2. The summed E-state index contributed by atoms with van der Waals surface area (Å²) in [4.78, 5) is 6.49. The van der Waals surface area contributed by atoms with Gasteiger partial charge in [0, 0.05) is 12.2 Å². The van der Waals surface area contributed by atoms with Crippen LogP contribution in [0.5, 0.6) is 0 Å². The summed E-state index contributed by atoms with van der Waals surface area (Å²) in [6.07, 6.45) is 4.00. The minimum atomic E-state index is 0.0237. The second-order valence-electron chi connectivity index (χ2n) is 4.77. The number of aryl methyl sites for hydroxylation is 1. The second-order valence-corrected chi connectivity index (χ2v) is 4.77. The number of aromatic nitrogens is 1. The molecule has 0 amide bonds. The molecule has 1 aromatic carbocycles. The van der Waals surface area contributed by atoms with Crippen molar-refractivity contribution in [3.05, 3.63) is 53.9 Å². The molecule has 1 aliphatic heterocycles. The molecule has 2 heterocycles. The zero-order chi connectivity index (χ0) is 13.9. The maximum atomic E-state index is 8.65. The third kappa shape index (κ3) is 2.18. The van der Waals surface area contributed by atoms with Gasteiger partial charge >= 0.3 is 0 Å². The number of nitrogens with zero attached hydrogens (tertiary/aromatic N) is 3. The highest BCUT2D eigenvalue weighted by atomic mass is 16.4. The molecule has 0 fully saturated rings. The van der Waals surface area contributed by atoms with E-state index in [1.54, 1.807) is 12.3 Å². The first-order valence-electron chi connectivity index (χ1n) is 6.59. The molecule has 0 aliphatic carbocycles. The molecule has 0 spiro atoms. The Hall–Kier alpha value is -2.56. The number of nitrogens with two attached hydrogens (primary N) is 1. The smallest absolute Gasteiger partial charge is 0.188 e. The van der Waals surface area contributed by atoms with Crippen LogP contribution >= 0.6 is 0 Å². The van der Waals surface area contributed by atoms with Gasteiger partial charge in [-0.25, -0.2) is 0 Å². The van der Waals surface area contributed by atoms with Crippen LogP contribution in [-0.2, 0) is 6.42 Å². The molecule has 1 aromatic heterocycles. The van der Waals surface area contributed by atoms with E-state index in [1.807, 2.05) is 6.07 Å². The lowest BCUT2D eigenvalue weighted by Crippen LogP contribution is -2.24. The van der Waals surface area contributed by atoms with E-state index in [-0.39, 0.29) is 5.84 Å². The van der Waals surface area contributed by atoms with Crippen LogP contribution in [0.2, 0.25) is 0 Å². The van der Waals surface area contributed by atoms with Crippen LogP contribution in [0.1, 0.15) is 17.7 Å². The summed E-state index contributed by atoms with van der Waals surface area (Å²) in [7, 11) is 0. The van der Waals surface area contributed by atoms with Gasteiger partial charge in [-0.2, -0.15) is 0 Å². The molecular formula is C15H16N4O. The summed E-state index contributed by atoms with van der Waals surface area (Å²) in [5.74, 6) is 0.0237. The Balaban J connectivity index is 1.95. The average Bonchev–Trinajstić information content (AvgIpc) is 2.54. The number of oxime groups is 1. The van der Waals surface area contributed by atoms with Gasteiger partial charge in [-0.3, -0.25) is 4.98 Å². The lowest BCUT2D eigenvalue weighted by molar-refractivity contribution is 0.318. The Labute approximate surface area is 117 Å². The summed E-state index contributed by atoms with van der Waals surface area (Å²) in [6, 6.07) is 12.1. The number of fused-ring (bicyclic) bond motifs is 1. The van der Waals surface area contributed by atoms with Crippen LogP contribution in [0.4, 0.5) is 11.4 Å². The van der Waals surface area contributed by atoms with Crippen LogP contribution < -0.4 is 10.6 Å². The predicted molar refractivity (Wildman–Crippen MR) is 78.5 cm³/mol. The van der Waals surface area contributed by atoms with Gasteiger partial charge in [-0.05, 0) is 36.6 Å². The SMILES string of the molecule is N/C(=N/O)c1ccc(N2CCCc3ccccc32)cn1. The van der Waals surface area contributed by atoms with E-state index in [9.17, 15) is 0 Å². The Kier molecular flexibility index (Phi) is 3.25. The van der Waals surface area contributed by atoms with Crippen LogP contribution in [-0.4, -0.2) is 22.6 Å². The Morgan fingerprint density at radius 3 is 2.85 bits per heavy atom. The molecule has 5 heteroatoms.